The lowest BCUT2D eigenvalue weighted by Gasteiger charge is -2.29. The van der Waals surface area contributed by atoms with Crippen molar-refractivity contribution >= 4 is 23.1 Å². The molecule has 3 aromatic heterocycles. The summed E-state index contributed by atoms with van der Waals surface area (Å²) in [6.07, 6.45) is 4.44. The van der Waals surface area contributed by atoms with Crippen LogP contribution in [-0.4, -0.2) is 44.7 Å². The van der Waals surface area contributed by atoms with E-state index in [2.05, 4.69) is 25.4 Å². The number of rotatable bonds is 3. The number of nitrogens with zero attached hydrogens (tertiary/aromatic N) is 6. The quantitative estimate of drug-likeness (QED) is 0.734. The summed E-state index contributed by atoms with van der Waals surface area (Å²) < 4.78 is 23.5. The lowest BCUT2D eigenvalue weighted by molar-refractivity contribution is 0.0963. The summed E-state index contributed by atoms with van der Waals surface area (Å²) in [5.74, 6) is 1.23. The van der Waals surface area contributed by atoms with Crippen molar-refractivity contribution in [1.82, 2.24) is 30.0 Å². The first-order valence-electron chi connectivity index (χ1n) is 9.39. The van der Waals surface area contributed by atoms with Crippen LogP contribution in [0.5, 0.6) is 0 Å². The maximum Gasteiger partial charge on any atom is 0.254 e. The molecule has 1 aliphatic rings. The maximum atomic E-state index is 12.4. The molecule has 2 N–H and O–H groups in total. The molecule has 0 fully saturated rings. The number of carbonyl (C=O) groups is 1. The molecule has 0 radical (unpaired) electrons. The summed E-state index contributed by atoms with van der Waals surface area (Å²) in [7, 11) is 1.91. The normalized spacial score (nSPS) is 14.5. The summed E-state index contributed by atoms with van der Waals surface area (Å²) in [5, 5.41) is 9.56. The molecule has 0 unspecified atom stereocenters. The van der Waals surface area contributed by atoms with E-state index in [1.165, 1.54) is 12.4 Å². The maximum absolute atomic E-state index is 12.4. The SMILES string of the molecule is [2H]C([2H])([2H])NC(=O)c1cnccc1Nc1nccc2c1N(C)Cc1nc(C)nn1-2. The zero-order valence-electron chi connectivity index (χ0n) is 17.2. The molecule has 1 aliphatic heterocycles. The Bertz CT molecular complexity index is 1090. The van der Waals surface area contributed by atoms with Gasteiger partial charge < -0.3 is 15.5 Å². The molecule has 0 spiro atoms. The number of carbonyl (C=O) groups excluding carboxylic acids is 1. The van der Waals surface area contributed by atoms with E-state index in [0.29, 0.717) is 23.9 Å². The molecule has 0 atom stereocenters. The molecule has 3 aromatic rings. The summed E-state index contributed by atoms with van der Waals surface area (Å²) in [4.78, 5) is 27.2. The Morgan fingerprint density at radius 2 is 2.23 bits per heavy atom. The topological polar surface area (TPSA) is 101 Å². The number of pyridine rings is 2. The Morgan fingerprint density at radius 3 is 3.08 bits per heavy atom. The van der Waals surface area contributed by atoms with Gasteiger partial charge in [0.05, 0.1) is 23.5 Å². The van der Waals surface area contributed by atoms with Crippen molar-refractivity contribution in [2.45, 2.75) is 13.5 Å². The first-order chi connectivity index (χ1) is 13.7. The van der Waals surface area contributed by atoms with E-state index in [0.717, 1.165) is 17.2 Å². The summed E-state index contributed by atoms with van der Waals surface area (Å²) >= 11 is 0. The standard InChI is InChI=1S/C17H18N8O/c1-10-21-14-9-24(3)15-13(25(14)23-10)5-7-20-16(15)22-12-4-6-19-8-11(12)17(26)18-2/h4-8H,9H2,1-3H3,(H,18,26)(H,19,20,22)/i2D3. The van der Waals surface area contributed by atoms with E-state index < -0.39 is 12.9 Å². The Morgan fingerprint density at radius 1 is 1.35 bits per heavy atom. The number of fused-ring (bicyclic) bond motifs is 3. The van der Waals surface area contributed by atoms with Crippen LogP contribution in [0.2, 0.25) is 0 Å². The second kappa shape index (κ2) is 6.10. The first-order valence-corrected chi connectivity index (χ1v) is 7.89. The number of nitrogens with one attached hydrogen (secondary N) is 2. The molecule has 0 bridgehead atoms. The molecule has 0 saturated carbocycles. The Kier molecular flexibility index (Phi) is 3.01. The van der Waals surface area contributed by atoms with Gasteiger partial charge in [0.1, 0.15) is 11.5 Å². The number of amides is 1. The third-order valence-electron chi connectivity index (χ3n) is 4.10. The van der Waals surface area contributed by atoms with E-state index in [1.54, 1.807) is 16.9 Å². The monoisotopic (exact) mass is 353 g/mol. The van der Waals surface area contributed by atoms with Gasteiger partial charge in [0, 0.05) is 36.7 Å². The van der Waals surface area contributed by atoms with E-state index in [-0.39, 0.29) is 5.56 Å². The molecule has 1 amide bonds. The van der Waals surface area contributed by atoms with Gasteiger partial charge in [0.2, 0.25) is 0 Å². The fraction of sp³-hybridized carbons (Fsp3) is 0.235. The third kappa shape index (κ3) is 2.53. The fourth-order valence-corrected chi connectivity index (χ4v) is 3.01. The van der Waals surface area contributed by atoms with Crippen molar-refractivity contribution in [3.8, 4) is 5.69 Å². The molecule has 26 heavy (non-hydrogen) atoms. The van der Waals surface area contributed by atoms with Gasteiger partial charge in [-0.1, -0.05) is 0 Å². The van der Waals surface area contributed by atoms with Gasteiger partial charge in [-0.15, -0.1) is 0 Å². The second-order valence-corrected chi connectivity index (χ2v) is 5.87. The van der Waals surface area contributed by atoms with E-state index in [9.17, 15) is 4.79 Å². The molecule has 9 heteroatoms. The van der Waals surface area contributed by atoms with Gasteiger partial charge in [-0.3, -0.25) is 9.78 Å². The van der Waals surface area contributed by atoms with Crippen LogP contribution in [0.1, 0.15) is 26.1 Å². The Labute approximate surface area is 154 Å². The highest BCUT2D eigenvalue weighted by Crippen LogP contribution is 2.36. The van der Waals surface area contributed by atoms with Crippen LogP contribution in [0.4, 0.5) is 17.2 Å². The van der Waals surface area contributed by atoms with Crippen LogP contribution in [0, 0.1) is 6.92 Å². The fourth-order valence-electron chi connectivity index (χ4n) is 3.01. The lowest BCUT2D eigenvalue weighted by atomic mass is 10.2. The molecular weight excluding hydrogens is 332 g/mol. The predicted molar refractivity (Wildman–Crippen MR) is 96.9 cm³/mol. The van der Waals surface area contributed by atoms with Crippen molar-refractivity contribution in [2.75, 3.05) is 24.2 Å². The second-order valence-electron chi connectivity index (χ2n) is 5.87. The average molecular weight is 353 g/mol. The number of hydrogen-bond donors (Lipinski definition) is 2. The minimum absolute atomic E-state index is 0.0961. The van der Waals surface area contributed by atoms with Crippen LogP contribution in [0.25, 0.3) is 5.69 Å². The largest absolute Gasteiger partial charge is 0.362 e. The highest BCUT2D eigenvalue weighted by molar-refractivity contribution is 6.00. The molecule has 4 rings (SSSR count). The predicted octanol–water partition coefficient (Wildman–Crippen LogP) is 1.42. The first kappa shape index (κ1) is 12.8. The summed E-state index contributed by atoms with van der Waals surface area (Å²) in [5.41, 5.74) is 2.06. The molecule has 9 nitrogen and oxygen atoms in total. The minimum atomic E-state index is -2.60. The smallest absolute Gasteiger partial charge is 0.254 e. The van der Waals surface area contributed by atoms with Gasteiger partial charge in [-0.2, -0.15) is 5.10 Å². The number of hydrogen-bond acceptors (Lipinski definition) is 7. The zero-order chi connectivity index (χ0) is 20.8. The van der Waals surface area contributed by atoms with Crippen molar-refractivity contribution in [3.63, 3.8) is 0 Å². The number of anilines is 3. The van der Waals surface area contributed by atoms with Gasteiger partial charge in [-0.05, 0) is 19.1 Å². The Hall–Kier alpha value is -3.49. The molecule has 0 saturated heterocycles. The highest BCUT2D eigenvalue weighted by atomic mass is 16.1. The van der Waals surface area contributed by atoms with Gasteiger partial charge in [0.25, 0.3) is 5.91 Å². The summed E-state index contributed by atoms with van der Waals surface area (Å²) in [6.45, 7) is -0.231. The number of aryl methyl sites for hydroxylation is 1. The van der Waals surface area contributed by atoms with Crippen molar-refractivity contribution in [2.24, 2.45) is 0 Å². The minimum Gasteiger partial charge on any atom is -0.362 e. The van der Waals surface area contributed by atoms with Gasteiger partial charge >= 0.3 is 0 Å². The van der Waals surface area contributed by atoms with Crippen LogP contribution >= 0.6 is 0 Å². The van der Waals surface area contributed by atoms with E-state index in [1.807, 2.05) is 30.3 Å². The molecule has 0 aromatic carbocycles. The van der Waals surface area contributed by atoms with Crippen molar-refractivity contribution in [1.29, 1.82) is 0 Å². The van der Waals surface area contributed by atoms with Crippen LogP contribution in [0.15, 0.2) is 30.7 Å². The van der Waals surface area contributed by atoms with Crippen molar-refractivity contribution in [3.05, 3.63) is 47.9 Å². The van der Waals surface area contributed by atoms with Gasteiger partial charge in [0.15, 0.2) is 11.6 Å². The van der Waals surface area contributed by atoms with Crippen molar-refractivity contribution < 1.29 is 8.91 Å². The highest BCUT2D eigenvalue weighted by Gasteiger charge is 2.26. The summed E-state index contributed by atoms with van der Waals surface area (Å²) in [6, 6.07) is 3.42. The third-order valence-corrected chi connectivity index (χ3v) is 4.10. The zero-order valence-corrected chi connectivity index (χ0v) is 14.2. The van der Waals surface area contributed by atoms with E-state index >= 15 is 0 Å². The molecule has 4 heterocycles. The molecule has 0 aliphatic carbocycles. The van der Waals surface area contributed by atoms with Crippen LogP contribution < -0.4 is 15.5 Å². The number of aromatic nitrogens is 5. The average Bonchev–Trinajstić information content (AvgIpc) is 3.01. The lowest BCUT2D eigenvalue weighted by Crippen LogP contribution is -2.27. The van der Waals surface area contributed by atoms with Crippen LogP contribution in [0.3, 0.4) is 0 Å². The van der Waals surface area contributed by atoms with E-state index in [4.69, 9.17) is 4.11 Å². The van der Waals surface area contributed by atoms with Crippen LogP contribution in [-0.2, 0) is 6.54 Å². The molecule has 132 valence electrons. The molecular formula is C17H18N8O. The Balaban J connectivity index is 1.74. The van der Waals surface area contributed by atoms with Gasteiger partial charge in [-0.25, -0.2) is 14.6 Å².